The molecule has 4 aromatic rings. The first-order valence-electron chi connectivity index (χ1n) is 14.0. The molecule has 2 heterocycles. The number of fused-ring (bicyclic) bond motifs is 1. The topological polar surface area (TPSA) is 65.5 Å². The lowest BCUT2D eigenvalue weighted by Crippen LogP contribution is -2.39. The van der Waals surface area contributed by atoms with Gasteiger partial charge in [-0.05, 0) is 55.4 Å². The van der Waals surface area contributed by atoms with Gasteiger partial charge in [-0.15, -0.1) is 0 Å². The van der Waals surface area contributed by atoms with Crippen LogP contribution in [0.5, 0.6) is 0 Å². The first kappa shape index (κ1) is 26.9. The number of likely N-dealkylation sites (tertiary alicyclic amines) is 1. The fourth-order valence-electron chi connectivity index (χ4n) is 5.32. The SMILES string of the molecule is O=C(CCCN(CCC(c1ccccc1)c1ccccc1)C(=O)Nc1nc2ccccc2s1)N1CCCCC1. The van der Waals surface area contributed by atoms with Crippen molar-refractivity contribution < 1.29 is 9.59 Å². The van der Waals surface area contributed by atoms with Crippen molar-refractivity contribution >= 4 is 38.6 Å². The molecule has 1 N–H and O–H groups in total. The molecule has 3 aromatic carbocycles. The standard InChI is InChI=1S/C32H36N4O2S/c37-30(35-21-10-3-11-22-35)19-12-23-36(32(38)34-31-33-28-17-8-9-18-29(28)39-31)24-20-27(25-13-4-1-5-14-25)26-15-6-2-7-16-26/h1-2,4-9,13-18,27H,3,10-12,19-24H2,(H,33,34,38). The lowest BCUT2D eigenvalue weighted by molar-refractivity contribution is -0.132. The third-order valence-electron chi connectivity index (χ3n) is 7.41. The Morgan fingerprint density at radius 1 is 0.846 bits per heavy atom. The molecule has 0 atom stereocenters. The second-order valence-electron chi connectivity index (χ2n) is 10.1. The molecule has 5 rings (SSSR count). The van der Waals surface area contributed by atoms with Crippen LogP contribution in [0.15, 0.2) is 84.9 Å². The fourth-order valence-corrected chi connectivity index (χ4v) is 6.17. The molecule has 0 aliphatic carbocycles. The lowest BCUT2D eigenvalue weighted by atomic mass is 9.88. The third-order valence-corrected chi connectivity index (χ3v) is 8.37. The average Bonchev–Trinajstić information content (AvgIpc) is 3.40. The molecule has 202 valence electrons. The zero-order valence-corrected chi connectivity index (χ0v) is 23.1. The minimum Gasteiger partial charge on any atom is -0.343 e. The van der Waals surface area contributed by atoms with E-state index in [4.69, 9.17) is 0 Å². The Morgan fingerprint density at radius 2 is 1.49 bits per heavy atom. The number of thiazole rings is 1. The van der Waals surface area contributed by atoms with Crippen molar-refractivity contribution in [2.24, 2.45) is 0 Å². The van der Waals surface area contributed by atoms with Crippen molar-refractivity contribution in [3.05, 3.63) is 96.1 Å². The van der Waals surface area contributed by atoms with Crippen LogP contribution in [0.3, 0.4) is 0 Å². The predicted octanol–water partition coefficient (Wildman–Crippen LogP) is 7.15. The molecule has 0 radical (unpaired) electrons. The zero-order chi connectivity index (χ0) is 26.9. The van der Waals surface area contributed by atoms with Crippen LogP contribution < -0.4 is 5.32 Å². The Balaban J connectivity index is 1.29. The Labute approximate surface area is 234 Å². The summed E-state index contributed by atoms with van der Waals surface area (Å²) in [6.07, 6.45) is 5.26. The third kappa shape index (κ3) is 7.24. The molecule has 1 saturated heterocycles. The summed E-state index contributed by atoms with van der Waals surface area (Å²) in [6.45, 7) is 2.81. The van der Waals surface area contributed by atoms with Gasteiger partial charge in [-0.2, -0.15) is 0 Å². The minimum atomic E-state index is -0.167. The molecule has 39 heavy (non-hydrogen) atoms. The molecule has 0 unspecified atom stereocenters. The van der Waals surface area contributed by atoms with E-state index < -0.39 is 0 Å². The summed E-state index contributed by atoms with van der Waals surface area (Å²) in [4.78, 5) is 34.7. The van der Waals surface area contributed by atoms with Gasteiger partial charge in [0, 0.05) is 38.5 Å². The molecule has 0 saturated carbocycles. The maximum absolute atomic E-state index is 13.5. The van der Waals surface area contributed by atoms with Crippen LogP contribution in [0.1, 0.15) is 55.6 Å². The Bertz CT molecular complexity index is 1280. The zero-order valence-electron chi connectivity index (χ0n) is 22.3. The van der Waals surface area contributed by atoms with Crippen molar-refractivity contribution in [3.63, 3.8) is 0 Å². The van der Waals surface area contributed by atoms with Crippen LogP contribution in [0, 0.1) is 0 Å². The van der Waals surface area contributed by atoms with Gasteiger partial charge in [-0.3, -0.25) is 10.1 Å². The minimum absolute atomic E-state index is 0.167. The molecule has 6 nitrogen and oxygen atoms in total. The number of aromatic nitrogens is 1. The van der Waals surface area contributed by atoms with E-state index in [0.29, 0.717) is 31.1 Å². The molecule has 1 aromatic heterocycles. The average molecular weight is 541 g/mol. The molecule has 1 aliphatic rings. The van der Waals surface area contributed by atoms with E-state index in [0.717, 1.165) is 42.6 Å². The molecular formula is C32H36N4O2S. The number of hydrogen-bond donors (Lipinski definition) is 1. The van der Waals surface area contributed by atoms with Crippen molar-refractivity contribution in [1.29, 1.82) is 0 Å². The smallest absolute Gasteiger partial charge is 0.323 e. The lowest BCUT2D eigenvalue weighted by Gasteiger charge is -2.28. The van der Waals surface area contributed by atoms with Crippen LogP contribution >= 0.6 is 11.3 Å². The predicted molar refractivity (Wildman–Crippen MR) is 159 cm³/mol. The molecule has 0 bridgehead atoms. The van der Waals surface area contributed by atoms with E-state index in [2.05, 4.69) is 58.8 Å². The van der Waals surface area contributed by atoms with E-state index in [1.165, 1.54) is 28.9 Å². The number of anilines is 1. The highest BCUT2D eigenvalue weighted by molar-refractivity contribution is 7.22. The van der Waals surface area contributed by atoms with Crippen LogP contribution in [0.4, 0.5) is 9.93 Å². The fraction of sp³-hybridized carbons (Fsp3) is 0.344. The second kappa shape index (κ2) is 13.4. The number of carbonyl (C=O) groups excluding carboxylic acids is 2. The summed E-state index contributed by atoms with van der Waals surface area (Å²) in [5, 5.41) is 3.63. The summed E-state index contributed by atoms with van der Waals surface area (Å²) in [5.41, 5.74) is 3.34. The molecular weight excluding hydrogens is 504 g/mol. The normalized spacial score (nSPS) is 13.5. The van der Waals surface area contributed by atoms with Crippen LogP contribution in [0.2, 0.25) is 0 Å². The number of para-hydroxylation sites is 1. The van der Waals surface area contributed by atoms with Gasteiger partial charge in [0.25, 0.3) is 0 Å². The summed E-state index contributed by atoms with van der Waals surface area (Å²) < 4.78 is 1.04. The Hall–Kier alpha value is -3.71. The van der Waals surface area contributed by atoms with Crippen molar-refractivity contribution in [1.82, 2.24) is 14.8 Å². The summed E-state index contributed by atoms with van der Waals surface area (Å²) in [7, 11) is 0. The van der Waals surface area contributed by atoms with E-state index in [1.54, 1.807) is 0 Å². The highest BCUT2D eigenvalue weighted by Crippen LogP contribution is 2.29. The number of carbonyl (C=O) groups is 2. The van der Waals surface area contributed by atoms with Crippen molar-refractivity contribution in [3.8, 4) is 0 Å². The number of rotatable bonds is 10. The van der Waals surface area contributed by atoms with Crippen molar-refractivity contribution in [2.45, 2.75) is 44.4 Å². The Kier molecular flexibility index (Phi) is 9.22. The number of piperidine rings is 1. The van der Waals surface area contributed by atoms with Gasteiger partial charge in [-0.25, -0.2) is 9.78 Å². The largest absolute Gasteiger partial charge is 0.343 e. The molecule has 1 fully saturated rings. The maximum atomic E-state index is 13.5. The van der Waals surface area contributed by atoms with Gasteiger partial charge in [0.05, 0.1) is 10.2 Å². The van der Waals surface area contributed by atoms with E-state index in [9.17, 15) is 9.59 Å². The highest BCUT2D eigenvalue weighted by atomic mass is 32.1. The van der Waals surface area contributed by atoms with Gasteiger partial charge < -0.3 is 9.80 Å². The summed E-state index contributed by atoms with van der Waals surface area (Å²) in [5.74, 6) is 0.368. The number of hydrogen-bond acceptors (Lipinski definition) is 4. The molecule has 1 aliphatic heterocycles. The first-order chi connectivity index (χ1) is 19.2. The van der Waals surface area contributed by atoms with Crippen molar-refractivity contribution in [2.75, 3.05) is 31.5 Å². The number of urea groups is 1. The monoisotopic (exact) mass is 540 g/mol. The number of nitrogens with zero attached hydrogens (tertiary/aromatic N) is 3. The van der Waals surface area contributed by atoms with Gasteiger partial charge in [0.2, 0.25) is 5.91 Å². The summed E-state index contributed by atoms with van der Waals surface area (Å²) in [6, 6.07) is 28.7. The molecule has 7 heteroatoms. The van der Waals surface area contributed by atoms with Crippen LogP contribution in [0.25, 0.3) is 10.2 Å². The molecule has 0 spiro atoms. The first-order valence-corrected chi connectivity index (χ1v) is 14.8. The second-order valence-corrected chi connectivity index (χ2v) is 11.1. The van der Waals surface area contributed by atoms with Gasteiger partial charge >= 0.3 is 6.03 Å². The van der Waals surface area contributed by atoms with E-state index in [1.807, 2.05) is 46.2 Å². The van der Waals surface area contributed by atoms with Gasteiger partial charge in [0.1, 0.15) is 0 Å². The number of nitrogens with one attached hydrogen (secondary N) is 1. The molecule has 3 amide bonds. The van der Waals surface area contributed by atoms with E-state index >= 15 is 0 Å². The maximum Gasteiger partial charge on any atom is 0.323 e. The van der Waals surface area contributed by atoms with Crippen LogP contribution in [-0.2, 0) is 4.79 Å². The number of benzene rings is 3. The Morgan fingerprint density at radius 3 is 2.15 bits per heavy atom. The van der Waals surface area contributed by atoms with Crippen LogP contribution in [-0.4, -0.2) is 52.9 Å². The quantitative estimate of drug-likeness (QED) is 0.232. The highest BCUT2D eigenvalue weighted by Gasteiger charge is 2.21. The van der Waals surface area contributed by atoms with Gasteiger partial charge in [-0.1, -0.05) is 84.1 Å². The van der Waals surface area contributed by atoms with E-state index in [-0.39, 0.29) is 17.9 Å². The number of amides is 3. The summed E-state index contributed by atoms with van der Waals surface area (Å²) >= 11 is 1.48. The van der Waals surface area contributed by atoms with Gasteiger partial charge in [0.15, 0.2) is 5.13 Å².